The highest BCUT2D eigenvalue weighted by molar-refractivity contribution is 7.90. The summed E-state index contributed by atoms with van der Waals surface area (Å²) in [5.74, 6) is 0.348. The van der Waals surface area contributed by atoms with Gasteiger partial charge in [0.25, 0.3) is 0 Å². The second-order valence-corrected chi connectivity index (χ2v) is 13.8. The molecule has 3 heterocycles. The van der Waals surface area contributed by atoms with Gasteiger partial charge in [0.05, 0.1) is 29.4 Å². The Kier molecular flexibility index (Phi) is 8.04. The van der Waals surface area contributed by atoms with Crippen LogP contribution in [0.2, 0.25) is 0 Å². The number of anilines is 2. The van der Waals surface area contributed by atoms with Crippen molar-refractivity contribution >= 4 is 38.4 Å². The van der Waals surface area contributed by atoms with Crippen LogP contribution in [0.3, 0.4) is 0 Å². The number of pyridine rings is 2. The van der Waals surface area contributed by atoms with Crippen LogP contribution in [0.4, 0.5) is 11.4 Å². The minimum Gasteiger partial charge on any atom is -0.476 e. The van der Waals surface area contributed by atoms with Crippen molar-refractivity contribution in [2.45, 2.75) is 37.6 Å². The van der Waals surface area contributed by atoms with Crippen molar-refractivity contribution < 1.29 is 17.9 Å². The molecule has 10 nitrogen and oxygen atoms in total. The van der Waals surface area contributed by atoms with Crippen molar-refractivity contribution in [2.75, 3.05) is 51.0 Å². The van der Waals surface area contributed by atoms with Crippen LogP contribution in [0.15, 0.2) is 67.0 Å². The molecule has 0 atom stereocenters. The normalized spacial score (nSPS) is 15.7. The van der Waals surface area contributed by atoms with Gasteiger partial charge >= 0.3 is 10.2 Å². The quantitative estimate of drug-likeness (QED) is 0.242. The summed E-state index contributed by atoms with van der Waals surface area (Å²) in [5, 5.41) is 0.936. The number of hydrogen-bond acceptors (Lipinski definition) is 7. The molecule has 44 heavy (non-hydrogen) atoms. The molecule has 11 heteroatoms. The zero-order chi connectivity index (χ0) is 31.1. The number of ether oxygens (including phenoxy) is 1. The summed E-state index contributed by atoms with van der Waals surface area (Å²) < 4.78 is 36.9. The van der Waals surface area contributed by atoms with E-state index < -0.39 is 15.6 Å². The van der Waals surface area contributed by atoms with Gasteiger partial charge in [0, 0.05) is 49.9 Å². The SMILES string of the molecule is CN(C)CCCOc1ncc(-c2ccc3ncc4c(c3c2)C2(CCC2)C(=O)N4C)cc1NS(=O)(=O)N(C)Cc1ccccc1. The topological polar surface area (TPSA) is 108 Å². The van der Waals surface area contributed by atoms with E-state index in [2.05, 4.69) is 19.6 Å². The number of nitrogens with one attached hydrogen (secondary N) is 1. The summed E-state index contributed by atoms with van der Waals surface area (Å²) in [6, 6.07) is 17.1. The third-order valence-electron chi connectivity index (χ3n) is 8.68. The van der Waals surface area contributed by atoms with Gasteiger partial charge in [-0.05, 0) is 62.7 Å². The average molecular weight is 615 g/mol. The van der Waals surface area contributed by atoms with Crippen molar-refractivity contribution in [3.05, 3.63) is 78.1 Å². The van der Waals surface area contributed by atoms with Crippen molar-refractivity contribution in [1.29, 1.82) is 0 Å². The molecule has 6 rings (SSSR count). The Morgan fingerprint density at radius 1 is 1.00 bits per heavy atom. The van der Waals surface area contributed by atoms with Gasteiger partial charge in [-0.1, -0.05) is 42.8 Å². The lowest BCUT2D eigenvalue weighted by Crippen LogP contribution is -2.43. The lowest BCUT2D eigenvalue weighted by atomic mass is 9.64. The number of nitrogens with zero attached hydrogens (tertiary/aromatic N) is 5. The zero-order valence-corrected chi connectivity index (χ0v) is 26.4. The summed E-state index contributed by atoms with van der Waals surface area (Å²) >= 11 is 0. The van der Waals surface area contributed by atoms with E-state index in [1.165, 1.54) is 11.4 Å². The number of fused-ring (bicyclic) bond motifs is 4. The molecule has 2 aromatic heterocycles. The van der Waals surface area contributed by atoms with E-state index >= 15 is 0 Å². The number of hydrogen-bond donors (Lipinski definition) is 1. The first-order valence-electron chi connectivity index (χ1n) is 14.9. The van der Waals surface area contributed by atoms with Crippen molar-refractivity contribution in [2.24, 2.45) is 0 Å². The fraction of sp³-hybridized carbons (Fsp3) is 0.364. The summed E-state index contributed by atoms with van der Waals surface area (Å²) in [6.45, 7) is 1.42. The number of carbonyl (C=O) groups is 1. The molecule has 1 saturated carbocycles. The molecular weight excluding hydrogens is 576 g/mol. The van der Waals surface area contributed by atoms with Crippen LogP contribution in [-0.2, 0) is 27.0 Å². The van der Waals surface area contributed by atoms with Gasteiger partial charge in [0.15, 0.2) is 0 Å². The Labute approximate surface area is 258 Å². The summed E-state index contributed by atoms with van der Waals surface area (Å²) in [7, 11) is 3.40. The molecule has 230 valence electrons. The van der Waals surface area contributed by atoms with Crippen LogP contribution in [0.25, 0.3) is 22.0 Å². The first-order chi connectivity index (χ1) is 21.1. The Hall–Kier alpha value is -4.06. The minimum atomic E-state index is -3.94. The smallest absolute Gasteiger partial charge is 0.301 e. The number of rotatable bonds is 11. The highest BCUT2D eigenvalue weighted by Gasteiger charge is 2.54. The van der Waals surface area contributed by atoms with Crippen LogP contribution in [0, 0.1) is 0 Å². The largest absolute Gasteiger partial charge is 0.476 e. The molecule has 1 amide bonds. The van der Waals surface area contributed by atoms with Gasteiger partial charge in [-0.2, -0.15) is 12.7 Å². The molecule has 0 unspecified atom stereocenters. The lowest BCUT2D eigenvalue weighted by Gasteiger charge is -2.37. The average Bonchev–Trinajstić information content (AvgIpc) is 3.22. The van der Waals surface area contributed by atoms with Crippen LogP contribution in [-0.4, -0.2) is 74.8 Å². The van der Waals surface area contributed by atoms with Gasteiger partial charge < -0.3 is 14.5 Å². The van der Waals surface area contributed by atoms with Gasteiger partial charge in [-0.25, -0.2) is 4.98 Å². The van der Waals surface area contributed by atoms with Crippen LogP contribution in [0.5, 0.6) is 5.88 Å². The maximum atomic E-state index is 13.5. The molecule has 0 saturated heterocycles. The number of aromatic nitrogens is 2. The molecule has 1 aliphatic carbocycles. The van der Waals surface area contributed by atoms with E-state index in [0.717, 1.165) is 65.5 Å². The second kappa shape index (κ2) is 11.8. The molecule has 2 aromatic carbocycles. The molecule has 1 aliphatic heterocycles. The molecule has 1 fully saturated rings. The van der Waals surface area contributed by atoms with Crippen molar-refractivity contribution in [3.63, 3.8) is 0 Å². The van der Waals surface area contributed by atoms with Crippen molar-refractivity contribution in [3.8, 4) is 17.0 Å². The predicted molar refractivity (Wildman–Crippen MR) is 173 cm³/mol. The number of amides is 1. The van der Waals surface area contributed by atoms with Gasteiger partial charge in [0.1, 0.15) is 5.69 Å². The maximum absolute atomic E-state index is 13.5. The first kappa shape index (κ1) is 30.0. The third kappa shape index (κ3) is 5.51. The Balaban J connectivity index is 1.36. The number of benzene rings is 2. The highest BCUT2D eigenvalue weighted by atomic mass is 32.2. The van der Waals surface area contributed by atoms with Gasteiger partial charge in [0.2, 0.25) is 11.8 Å². The molecule has 1 N–H and O–H groups in total. The molecule has 0 bridgehead atoms. The second-order valence-electron chi connectivity index (χ2n) is 12.0. The monoisotopic (exact) mass is 614 g/mol. The van der Waals surface area contributed by atoms with E-state index in [-0.39, 0.29) is 24.0 Å². The van der Waals surface area contributed by atoms with Crippen molar-refractivity contribution in [1.82, 2.24) is 19.2 Å². The third-order valence-corrected chi connectivity index (χ3v) is 10.1. The zero-order valence-electron chi connectivity index (χ0n) is 25.6. The lowest BCUT2D eigenvalue weighted by molar-refractivity contribution is -0.125. The maximum Gasteiger partial charge on any atom is 0.301 e. The predicted octanol–water partition coefficient (Wildman–Crippen LogP) is 4.81. The van der Waals surface area contributed by atoms with Crippen LogP contribution < -0.4 is 14.4 Å². The first-order valence-corrected chi connectivity index (χ1v) is 16.3. The Bertz CT molecular complexity index is 1810. The summed E-state index contributed by atoms with van der Waals surface area (Å²) in [5.41, 5.74) is 4.92. The summed E-state index contributed by atoms with van der Waals surface area (Å²) in [4.78, 5) is 26.3. The van der Waals surface area contributed by atoms with Crippen LogP contribution in [0.1, 0.15) is 36.8 Å². The summed E-state index contributed by atoms with van der Waals surface area (Å²) in [6.07, 6.45) is 6.93. The van der Waals surface area contributed by atoms with Gasteiger partial charge in [-0.3, -0.25) is 14.5 Å². The standard InChI is InChI=1S/C33H38N6O4S/c1-37(2)16-9-17-43-31-28(36-44(41,42)38(3)22-23-10-6-5-7-11-23)19-25(20-35-31)24-12-13-27-26(18-24)30-29(21-34-27)39(4)32(40)33(30)14-8-15-33/h5-7,10-13,18-21,36H,8-9,14-17,22H2,1-4H3. The van der Waals surface area contributed by atoms with Crippen LogP contribution >= 0.6 is 0 Å². The molecule has 2 aliphatic rings. The van der Waals surface area contributed by atoms with E-state index in [1.807, 2.05) is 69.7 Å². The fourth-order valence-corrected chi connectivity index (χ4v) is 7.04. The Morgan fingerprint density at radius 3 is 2.48 bits per heavy atom. The minimum absolute atomic E-state index is 0.132. The molecule has 1 spiro atoms. The molecule has 0 radical (unpaired) electrons. The van der Waals surface area contributed by atoms with E-state index in [9.17, 15) is 13.2 Å². The number of likely N-dealkylation sites (N-methyl/N-ethyl adjacent to an activating group) is 1. The van der Waals surface area contributed by atoms with E-state index in [0.29, 0.717) is 12.2 Å². The molecular formula is C33H38N6O4S. The number of carbonyl (C=O) groups excluding carboxylic acids is 1. The Morgan fingerprint density at radius 2 is 1.77 bits per heavy atom. The highest BCUT2D eigenvalue weighted by Crippen LogP contribution is 2.55. The van der Waals surface area contributed by atoms with Gasteiger partial charge in [-0.15, -0.1) is 0 Å². The fourth-order valence-electron chi connectivity index (χ4n) is 6.14. The van der Waals surface area contributed by atoms with E-state index in [1.54, 1.807) is 23.4 Å². The van der Waals surface area contributed by atoms with E-state index in [4.69, 9.17) is 4.74 Å². The molecule has 4 aromatic rings.